The minimum absolute atomic E-state index is 0.312. The van der Waals surface area contributed by atoms with Crippen molar-refractivity contribution < 1.29 is 15.0 Å². The second kappa shape index (κ2) is 8.90. The van der Waals surface area contributed by atoms with Crippen LogP contribution in [0.3, 0.4) is 0 Å². The lowest BCUT2D eigenvalue weighted by Crippen LogP contribution is -2.39. The van der Waals surface area contributed by atoms with Gasteiger partial charge >= 0.3 is 6.03 Å². The molecular weight excluding hydrogens is 410 g/mol. The minimum atomic E-state index is -0.956. The SMILES string of the molecule is C#Cc1nc(NC(=O)N[C@@H](CO)c2ccc(-c3ccccc3)cc2C2(O)CCC2)cs1. The number of amides is 2. The summed E-state index contributed by atoms with van der Waals surface area (Å²) in [6, 6.07) is 14.5. The van der Waals surface area contributed by atoms with Crippen molar-refractivity contribution in [3.63, 3.8) is 0 Å². The van der Waals surface area contributed by atoms with E-state index in [0.717, 1.165) is 23.1 Å². The number of rotatable bonds is 6. The Kier molecular flexibility index (Phi) is 6.05. The summed E-state index contributed by atoms with van der Waals surface area (Å²) in [5.74, 6) is 2.77. The third-order valence-electron chi connectivity index (χ3n) is 5.58. The normalized spacial score (nSPS) is 15.4. The van der Waals surface area contributed by atoms with E-state index in [1.165, 1.54) is 11.3 Å². The standard InChI is InChI=1S/C24H23N3O3S/c1-2-22-26-21(15-31-22)27-23(29)25-20(14-28)18-10-9-17(16-7-4-3-5-8-16)13-19(18)24(30)11-6-12-24/h1,3-5,7-10,13,15,20,28,30H,6,11-12,14H2,(H2,25,27,29)/t20-/m0/s1. The fourth-order valence-electron chi connectivity index (χ4n) is 3.78. The molecule has 2 aromatic carbocycles. The van der Waals surface area contributed by atoms with E-state index in [-0.39, 0.29) is 6.61 Å². The quantitative estimate of drug-likeness (QED) is 0.442. The summed E-state index contributed by atoms with van der Waals surface area (Å²) in [6.07, 6.45) is 7.55. The highest BCUT2D eigenvalue weighted by Crippen LogP contribution is 2.45. The largest absolute Gasteiger partial charge is 0.394 e. The van der Waals surface area contributed by atoms with Gasteiger partial charge in [-0.2, -0.15) is 0 Å². The van der Waals surface area contributed by atoms with Gasteiger partial charge in [0.15, 0.2) is 5.01 Å². The number of hydrogen-bond donors (Lipinski definition) is 4. The van der Waals surface area contributed by atoms with Crippen LogP contribution in [-0.4, -0.2) is 27.8 Å². The fourth-order valence-corrected chi connectivity index (χ4v) is 4.34. The van der Waals surface area contributed by atoms with Crippen LogP contribution in [-0.2, 0) is 5.60 Å². The molecule has 1 saturated carbocycles. The Morgan fingerprint density at radius 3 is 2.61 bits per heavy atom. The Bertz CT molecular complexity index is 1120. The zero-order valence-electron chi connectivity index (χ0n) is 16.8. The van der Waals surface area contributed by atoms with E-state index in [4.69, 9.17) is 6.42 Å². The van der Waals surface area contributed by atoms with Crippen LogP contribution in [0.5, 0.6) is 0 Å². The average Bonchev–Trinajstić information content (AvgIpc) is 3.23. The maximum atomic E-state index is 12.5. The molecule has 1 aromatic heterocycles. The number of anilines is 1. The first-order valence-electron chi connectivity index (χ1n) is 10.0. The van der Waals surface area contributed by atoms with Crippen molar-refractivity contribution in [1.29, 1.82) is 0 Å². The van der Waals surface area contributed by atoms with Gasteiger partial charge in [-0.15, -0.1) is 17.8 Å². The minimum Gasteiger partial charge on any atom is -0.394 e. The van der Waals surface area contributed by atoms with Crippen molar-refractivity contribution >= 4 is 23.2 Å². The average molecular weight is 434 g/mol. The van der Waals surface area contributed by atoms with Crippen molar-refractivity contribution in [2.24, 2.45) is 0 Å². The number of benzene rings is 2. The third kappa shape index (κ3) is 4.47. The van der Waals surface area contributed by atoms with Crippen molar-refractivity contribution in [3.05, 3.63) is 70.0 Å². The molecule has 0 unspecified atom stereocenters. The molecule has 1 heterocycles. The molecule has 1 atom stereocenters. The number of nitrogens with one attached hydrogen (secondary N) is 2. The Morgan fingerprint density at radius 2 is 2.00 bits per heavy atom. The number of aromatic nitrogens is 1. The molecule has 3 aromatic rings. The van der Waals surface area contributed by atoms with Crippen LogP contribution >= 0.6 is 11.3 Å². The predicted molar refractivity (Wildman–Crippen MR) is 122 cm³/mol. The number of aliphatic hydroxyl groups excluding tert-OH is 1. The Hall–Kier alpha value is -3.18. The van der Waals surface area contributed by atoms with Crippen LogP contribution in [0.1, 0.15) is 41.4 Å². The van der Waals surface area contributed by atoms with Crippen LogP contribution < -0.4 is 10.6 Å². The fraction of sp³-hybridized carbons (Fsp3) is 0.250. The van der Waals surface area contributed by atoms with Crippen molar-refractivity contribution in [2.45, 2.75) is 30.9 Å². The van der Waals surface area contributed by atoms with Gasteiger partial charge in [-0.3, -0.25) is 5.32 Å². The van der Waals surface area contributed by atoms with Gasteiger partial charge in [0.2, 0.25) is 0 Å². The Balaban J connectivity index is 1.61. The van der Waals surface area contributed by atoms with Gasteiger partial charge in [-0.05, 0) is 53.5 Å². The van der Waals surface area contributed by atoms with Gasteiger partial charge in [0.05, 0.1) is 18.2 Å². The number of hydrogen-bond acceptors (Lipinski definition) is 5. The number of carbonyl (C=O) groups is 1. The zero-order valence-corrected chi connectivity index (χ0v) is 17.7. The molecule has 1 aliphatic rings. The summed E-state index contributed by atoms with van der Waals surface area (Å²) in [7, 11) is 0. The Morgan fingerprint density at radius 1 is 1.23 bits per heavy atom. The van der Waals surface area contributed by atoms with Crippen molar-refractivity contribution in [1.82, 2.24) is 10.3 Å². The zero-order chi connectivity index (χ0) is 21.8. The summed E-state index contributed by atoms with van der Waals surface area (Å²) < 4.78 is 0. The van der Waals surface area contributed by atoms with E-state index in [2.05, 4.69) is 21.5 Å². The molecule has 1 aliphatic carbocycles. The summed E-state index contributed by atoms with van der Waals surface area (Å²) in [5.41, 5.74) is 2.50. The van der Waals surface area contributed by atoms with E-state index in [1.807, 2.05) is 48.5 Å². The molecule has 0 spiro atoms. The number of carbonyl (C=O) groups excluding carboxylic acids is 1. The van der Waals surface area contributed by atoms with E-state index in [0.29, 0.717) is 29.2 Å². The van der Waals surface area contributed by atoms with E-state index >= 15 is 0 Å². The van der Waals surface area contributed by atoms with Gasteiger partial charge in [0, 0.05) is 5.38 Å². The van der Waals surface area contributed by atoms with Crippen LogP contribution in [0.25, 0.3) is 11.1 Å². The highest BCUT2D eigenvalue weighted by molar-refractivity contribution is 7.10. The molecule has 0 aliphatic heterocycles. The maximum Gasteiger partial charge on any atom is 0.320 e. The lowest BCUT2D eigenvalue weighted by molar-refractivity contribution is -0.0400. The van der Waals surface area contributed by atoms with Gasteiger partial charge in [-0.25, -0.2) is 9.78 Å². The summed E-state index contributed by atoms with van der Waals surface area (Å²) in [4.78, 5) is 16.6. The van der Waals surface area contributed by atoms with E-state index < -0.39 is 17.7 Å². The van der Waals surface area contributed by atoms with Gasteiger partial charge in [-0.1, -0.05) is 42.5 Å². The molecule has 4 rings (SSSR count). The predicted octanol–water partition coefficient (Wildman–Crippen LogP) is 4.02. The second-order valence-corrected chi connectivity index (χ2v) is 8.43. The first-order chi connectivity index (χ1) is 15.0. The highest BCUT2D eigenvalue weighted by atomic mass is 32.1. The highest BCUT2D eigenvalue weighted by Gasteiger charge is 2.39. The second-order valence-electron chi connectivity index (χ2n) is 7.57. The molecule has 0 radical (unpaired) electrons. The van der Waals surface area contributed by atoms with Gasteiger partial charge in [0.25, 0.3) is 0 Å². The summed E-state index contributed by atoms with van der Waals surface area (Å²) in [5, 5.41) is 28.7. The van der Waals surface area contributed by atoms with Crippen LogP contribution in [0.2, 0.25) is 0 Å². The number of nitrogens with zero attached hydrogens (tertiary/aromatic N) is 1. The topological polar surface area (TPSA) is 94.5 Å². The van der Waals surface area contributed by atoms with Crippen LogP contribution in [0.15, 0.2) is 53.9 Å². The van der Waals surface area contributed by atoms with Crippen LogP contribution in [0, 0.1) is 12.3 Å². The van der Waals surface area contributed by atoms with Gasteiger partial charge in [0.1, 0.15) is 5.82 Å². The van der Waals surface area contributed by atoms with Crippen LogP contribution in [0.4, 0.5) is 10.6 Å². The van der Waals surface area contributed by atoms with Crippen molar-refractivity contribution in [3.8, 4) is 23.5 Å². The maximum absolute atomic E-state index is 12.5. The molecule has 6 nitrogen and oxygen atoms in total. The van der Waals surface area contributed by atoms with Gasteiger partial charge < -0.3 is 15.5 Å². The number of urea groups is 1. The summed E-state index contributed by atoms with van der Waals surface area (Å²) in [6.45, 7) is -0.312. The number of thiazole rings is 1. The molecule has 158 valence electrons. The van der Waals surface area contributed by atoms with Crippen molar-refractivity contribution in [2.75, 3.05) is 11.9 Å². The number of terminal acetylenes is 1. The van der Waals surface area contributed by atoms with E-state index in [9.17, 15) is 15.0 Å². The molecule has 2 amide bonds. The Labute approximate surface area is 185 Å². The first kappa shape index (κ1) is 21.1. The number of aliphatic hydroxyl groups is 2. The lowest BCUT2D eigenvalue weighted by atomic mass is 9.72. The molecule has 7 heteroatoms. The molecule has 31 heavy (non-hydrogen) atoms. The molecule has 4 N–H and O–H groups in total. The first-order valence-corrected chi connectivity index (χ1v) is 10.9. The molecule has 0 bridgehead atoms. The monoisotopic (exact) mass is 433 g/mol. The molecule has 1 fully saturated rings. The van der Waals surface area contributed by atoms with E-state index in [1.54, 1.807) is 5.38 Å². The lowest BCUT2D eigenvalue weighted by Gasteiger charge is -2.39. The molecule has 0 saturated heterocycles. The molecular formula is C24H23N3O3S. The summed E-state index contributed by atoms with van der Waals surface area (Å²) >= 11 is 1.26. The third-order valence-corrected chi connectivity index (χ3v) is 6.35. The smallest absolute Gasteiger partial charge is 0.320 e.